The molecule has 2 aromatic rings. The van der Waals surface area contributed by atoms with E-state index in [1.54, 1.807) is 18.5 Å². The van der Waals surface area contributed by atoms with Gasteiger partial charge in [0.1, 0.15) is 0 Å². The molecule has 108 valence electrons. The van der Waals surface area contributed by atoms with E-state index < -0.39 is 11.8 Å². The van der Waals surface area contributed by atoms with Crippen molar-refractivity contribution in [2.24, 2.45) is 0 Å². The van der Waals surface area contributed by atoms with Gasteiger partial charge in [0.15, 0.2) is 0 Å². The fourth-order valence-corrected chi connectivity index (χ4v) is 1.85. The van der Waals surface area contributed by atoms with Gasteiger partial charge in [-0.25, -0.2) is 0 Å². The van der Waals surface area contributed by atoms with Crippen LogP contribution in [0.3, 0.4) is 0 Å². The van der Waals surface area contributed by atoms with E-state index in [0.29, 0.717) is 6.54 Å². The van der Waals surface area contributed by atoms with Gasteiger partial charge in [0, 0.05) is 25.5 Å². The summed E-state index contributed by atoms with van der Waals surface area (Å²) in [4.78, 5) is 27.3. The van der Waals surface area contributed by atoms with Crippen molar-refractivity contribution in [3.8, 4) is 0 Å². The Morgan fingerprint density at radius 1 is 1.00 bits per heavy atom. The first kappa shape index (κ1) is 14.7. The van der Waals surface area contributed by atoms with Crippen LogP contribution >= 0.6 is 0 Å². The molecule has 0 saturated carbocycles. The number of rotatable bonds is 4. The van der Waals surface area contributed by atoms with Crippen LogP contribution in [0.15, 0.2) is 48.8 Å². The summed E-state index contributed by atoms with van der Waals surface area (Å²) in [5.41, 5.74) is 2.92. The van der Waals surface area contributed by atoms with Crippen LogP contribution in [0, 0.1) is 6.92 Å². The maximum Gasteiger partial charge on any atom is 0.309 e. The van der Waals surface area contributed by atoms with Crippen molar-refractivity contribution < 1.29 is 9.59 Å². The third-order valence-electron chi connectivity index (χ3n) is 2.92. The molecule has 21 heavy (non-hydrogen) atoms. The molecule has 0 unspecified atom stereocenters. The van der Waals surface area contributed by atoms with E-state index in [0.717, 1.165) is 16.7 Å². The van der Waals surface area contributed by atoms with Crippen LogP contribution in [0.4, 0.5) is 0 Å². The lowest BCUT2D eigenvalue weighted by Gasteiger charge is -2.07. The van der Waals surface area contributed by atoms with Gasteiger partial charge in [0.05, 0.1) is 0 Å². The molecule has 0 fully saturated rings. The number of carbonyl (C=O) groups excluding carboxylic acids is 2. The van der Waals surface area contributed by atoms with E-state index in [4.69, 9.17) is 0 Å². The van der Waals surface area contributed by atoms with E-state index in [9.17, 15) is 9.59 Å². The molecule has 1 aromatic carbocycles. The normalized spacial score (nSPS) is 9.95. The van der Waals surface area contributed by atoms with Crippen molar-refractivity contribution in [1.82, 2.24) is 15.6 Å². The van der Waals surface area contributed by atoms with Gasteiger partial charge in [-0.15, -0.1) is 0 Å². The van der Waals surface area contributed by atoms with Gasteiger partial charge in [-0.1, -0.05) is 35.9 Å². The summed E-state index contributed by atoms with van der Waals surface area (Å²) in [6.07, 6.45) is 3.30. The lowest BCUT2D eigenvalue weighted by atomic mass is 10.1. The molecule has 2 N–H and O–H groups in total. The Hall–Kier alpha value is -2.69. The van der Waals surface area contributed by atoms with Crippen LogP contribution in [0.25, 0.3) is 0 Å². The van der Waals surface area contributed by atoms with E-state index in [-0.39, 0.29) is 6.54 Å². The zero-order valence-corrected chi connectivity index (χ0v) is 11.8. The molecular weight excluding hydrogens is 266 g/mol. The topological polar surface area (TPSA) is 71.1 Å². The molecule has 0 aliphatic carbocycles. The second-order valence-corrected chi connectivity index (χ2v) is 4.72. The minimum Gasteiger partial charge on any atom is -0.344 e. The molecule has 2 rings (SSSR count). The quantitative estimate of drug-likeness (QED) is 0.831. The lowest BCUT2D eigenvalue weighted by Crippen LogP contribution is -2.39. The summed E-state index contributed by atoms with van der Waals surface area (Å²) in [5.74, 6) is -1.29. The molecule has 0 saturated heterocycles. The fourth-order valence-electron chi connectivity index (χ4n) is 1.85. The van der Waals surface area contributed by atoms with Crippen molar-refractivity contribution in [3.05, 3.63) is 65.5 Å². The van der Waals surface area contributed by atoms with E-state index in [1.807, 2.05) is 37.3 Å². The van der Waals surface area contributed by atoms with Crippen LogP contribution in [-0.4, -0.2) is 16.8 Å². The van der Waals surface area contributed by atoms with Crippen molar-refractivity contribution in [2.75, 3.05) is 0 Å². The number of nitrogens with one attached hydrogen (secondary N) is 2. The Labute approximate surface area is 123 Å². The van der Waals surface area contributed by atoms with E-state index >= 15 is 0 Å². The zero-order valence-electron chi connectivity index (χ0n) is 11.8. The van der Waals surface area contributed by atoms with Crippen LogP contribution in [0.1, 0.15) is 16.7 Å². The number of hydrogen-bond acceptors (Lipinski definition) is 3. The highest BCUT2D eigenvalue weighted by Crippen LogP contribution is 2.03. The number of aromatic nitrogens is 1. The van der Waals surface area contributed by atoms with Gasteiger partial charge in [-0.3, -0.25) is 14.6 Å². The Bertz CT molecular complexity index is 626. The summed E-state index contributed by atoms with van der Waals surface area (Å²) in [5, 5.41) is 5.15. The van der Waals surface area contributed by atoms with E-state index in [2.05, 4.69) is 15.6 Å². The maximum absolute atomic E-state index is 11.7. The summed E-state index contributed by atoms with van der Waals surface area (Å²) in [7, 11) is 0. The van der Waals surface area contributed by atoms with Crippen molar-refractivity contribution in [3.63, 3.8) is 0 Å². The van der Waals surface area contributed by atoms with Crippen LogP contribution in [0.2, 0.25) is 0 Å². The molecule has 0 aliphatic rings. The van der Waals surface area contributed by atoms with Crippen LogP contribution in [0.5, 0.6) is 0 Å². The number of benzene rings is 1. The van der Waals surface area contributed by atoms with Crippen LogP contribution in [-0.2, 0) is 22.7 Å². The first-order chi connectivity index (χ1) is 10.1. The molecular formula is C16H17N3O2. The smallest absolute Gasteiger partial charge is 0.309 e. The largest absolute Gasteiger partial charge is 0.344 e. The molecule has 5 nitrogen and oxygen atoms in total. The van der Waals surface area contributed by atoms with Gasteiger partial charge < -0.3 is 10.6 Å². The van der Waals surface area contributed by atoms with E-state index in [1.165, 1.54) is 0 Å². The molecule has 1 heterocycles. The minimum absolute atomic E-state index is 0.282. The molecule has 0 radical (unpaired) electrons. The molecule has 5 heteroatoms. The molecule has 0 atom stereocenters. The van der Waals surface area contributed by atoms with Gasteiger partial charge in [0.25, 0.3) is 0 Å². The monoisotopic (exact) mass is 283 g/mol. The number of hydrogen-bond donors (Lipinski definition) is 2. The van der Waals surface area contributed by atoms with Gasteiger partial charge in [-0.2, -0.15) is 0 Å². The van der Waals surface area contributed by atoms with Crippen molar-refractivity contribution in [2.45, 2.75) is 20.0 Å². The van der Waals surface area contributed by atoms with Crippen molar-refractivity contribution >= 4 is 11.8 Å². The first-order valence-corrected chi connectivity index (χ1v) is 6.65. The Morgan fingerprint density at radius 3 is 2.29 bits per heavy atom. The van der Waals surface area contributed by atoms with Gasteiger partial charge in [0.2, 0.25) is 0 Å². The lowest BCUT2D eigenvalue weighted by molar-refractivity contribution is -0.139. The average Bonchev–Trinajstić information content (AvgIpc) is 2.51. The highest BCUT2D eigenvalue weighted by molar-refractivity contribution is 6.35. The zero-order chi connectivity index (χ0) is 15.1. The van der Waals surface area contributed by atoms with Crippen molar-refractivity contribution in [1.29, 1.82) is 0 Å². The Balaban J connectivity index is 1.79. The molecule has 2 amide bonds. The molecule has 0 bridgehead atoms. The predicted octanol–water partition coefficient (Wildman–Crippen LogP) is 1.32. The second-order valence-electron chi connectivity index (χ2n) is 4.72. The minimum atomic E-state index is -0.647. The van der Waals surface area contributed by atoms with Gasteiger partial charge >= 0.3 is 11.8 Å². The molecule has 1 aromatic heterocycles. The number of amides is 2. The number of carbonyl (C=O) groups is 2. The predicted molar refractivity (Wildman–Crippen MR) is 79.1 cm³/mol. The molecule has 0 aliphatic heterocycles. The maximum atomic E-state index is 11.7. The summed E-state index contributed by atoms with van der Waals surface area (Å²) in [6, 6.07) is 11.4. The summed E-state index contributed by atoms with van der Waals surface area (Å²) < 4.78 is 0. The summed E-state index contributed by atoms with van der Waals surface area (Å²) >= 11 is 0. The number of aryl methyl sites for hydroxylation is 1. The standard InChI is InChI=1S/C16H17N3O2/c1-12-4-2-5-13(8-12)10-18-15(20)16(21)19-11-14-6-3-7-17-9-14/h2-9H,10-11H2,1H3,(H,18,20)(H,19,21). The molecule has 0 spiro atoms. The Morgan fingerprint density at radius 2 is 1.67 bits per heavy atom. The highest BCUT2D eigenvalue weighted by Gasteiger charge is 2.12. The van der Waals surface area contributed by atoms with Gasteiger partial charge in [-0.05, 0) is 24.1 Å². The third kappa shape index (κ3) is 4.72. The average molecular weight is 283 g/mol. The Kier molecular flexibility index (Phi) is 5.04. The number of nitrogens with zero attached hydrogens (tertiary/aromatic N) is 1. The highest BCUT2D eigenvalue weighted by atomic mass is 16.2. The SMILES string of the molecule is Cc1cccc(CNC(=O)C(=O)NCc2cccnc2)c1. The number of pyridine rings is 1. The fraction of sp³-hybridized carbons (Fsp3) is 0.188. The first-order valence-electron chi connectivity index (χ1n) is 6.65. The third-order valence-corrected chi connectivity index (χ3v) is 2.92. The second kappa shape index (κ2) is 7.19. The van der Waals surface area contributed by atoms with Crippen LogP contribution < -0.4 is 10.6 Å². The summed E-state index contributed by atoms with van der Waals surface area (Å²) in [6.45, 7) is 2.59.